The lowest BCUT2D eigenvalue weighted by molar-refractivity contribution is 0.0374. The number of hydrogen-bond donors (Lipinski definition) is 1. The van der Waals surface area contributed by atoms with Crippen LogP contribution in [0.5, 0.6) is 0 Å². The fraction of sp³-hybridized carbons (Fsp3) is 0.381. The summed E-state index contributed by atoms with van der Waals surface area (Å²) in [6.45, 7) is 5.03. The predicted molar refractivity (Wildman–Crippen MR) is 104 cm³/mol. The number of carbonyl (C=O) groups excluding carboxylic acids is 1. The molecule has 0 aliphatic carbocycles. The normalized spacial score (nSPS) is 15.1. The van der Waals surface area contributed by atoms with Crippen LogP contribution in [0.3, 0.4) is 0 Å². The summed E-state index contributed by atoms with van der Waals surface area (Å²) in [4.78, 5) is 15.1. The number of morpholine rings is 1. The number of carbonyl (C=O) groups is 1. The van der Waals surface area contributed by atoms with Crippen LogP contribution in [0.15, 0.2) is 41.0 Å². The van der Waals surface area contributed by atoms with Gasteiger partial charge in [0.05, 0.1) is 25.0 Å². The number of nitrogens with one attached hydrogen (secondary N) is 1. The van der Waals surface area contributed by atoms with Gasteiger partial charge in [0.25, 0.3) is 5.91 Å². The minimum absolute atomic E-state index is 0.221. The summed E-state index contributed by atoms with van der Waals surface area (Å²) in [5.74, 6) is -2.03. The van der Waals surface area contributed by atoms with E-state index in [0.717, 1.165) is 56.9 Å². The number of halogens is 2. The molecule has 0 spiro atoms. The standard InChI is InChI=1S/C21H23F2N3O3/c22-16-3-2-15(12-17(16)23)14-26-18-4-9-29-20(18)13-19(26)21(27)24-5-1-6-25-7-10-28-11-8-25/h2-4,9,12-13H,1,5-8,10-11,14H2,(H,24,27). The van der Waals surface area contributed by atoms with Crippen LogP contribution in [0.25, 0.3) is 11.1 Å². The van der Waals surface area contributed by atoms with Crippen molar-refractivity contribution in [2.24, 2.45) is 0 Å². The highest BCUT2D eigenvalue weighted by Crippen LogP contribution is 2.23. The monoisotopic (exact) mass is 403 g/mol. The molecular formula is C21H23F2N3O3. The van der Waals surface area contributed by atoms with Crippen molar-refractivity contribution in [3.63, 3.8) is 0 Å². The van der Waals surface area contributed by atoms with Gasteiger partial charge in [-0.25, -0.2) is 8.78 Å². The van der Waals surface area contributed by atoms with E-state index in [-0.39, 0.29) is 12.5 Å². The predicted octanol–water partition coefficient (Wildman–Crippen LogP) is 3.01. The molecule has 1 aliphatic rings. The van der Waals surface area contributed by atoms with Gasteiger partial charge < -0.3 is 19.0 Å². The van der Waals surface area contributed by atoms with Crippen LogP contribution in [0, 0.1) is 11.6 Å². The second kappa shape index (κ2) is 8.75. The quantitative estimate of drug-likeness (QED) is 0.616. The minimum Gasteiger partial charge on any atom is -0.463 e. The molecule has 1 aliphatic heterocycles. The van der Waals surface area contributed by atoms with Gasteiger partial charge in [-0.2, -0.15) is 0 Å². The number of benzene rings is 1. The van der Waals surface area contributed by atoms with E-state index < -0.39 is 11.6 Å². The molecule has 1 N–H and O–H groups in total. The summed E-state index contributed by atoms with van der Waals surface area (Å²) in [6, 6.07) is 7.17. The summed E-state index contributed by atoms with van der Waals surface area (Å²) in [6.07, 6.45) is 2.38. The molecule has 3 aromatic rings. The number of aromatic nitrogens is 1. The molecule has 3 heterocycles. The Hall–Kier alpha value is -2.71. The molecule has 0 atom stereocenters. The van der Waals surface area contributed by atoms with Gasteiger partial charge in [0.15, 0.2) is 17.2 Å². The Kier molecular flexibility index (Phi) is 5.92. The molecule has 2 aromatic heterocycles. The van der Waals surface area contributed by atoms with Gasteiger partial charge >= 0.3 is 0 Å². The Balaban J connectivity index is 1.43. The van der Waals surface area contributed by atoms with Crippen LogP contribution in [0.1, 0.15) is 22.5 Å². The average Bonchev–Trinajstić information content (AvgIpc) is 3.31. The topological polar surface area (TPSA) is 59.6 Å². The van der Waals surface area contributed by atoms with Crippen molar-refractivity contribution in [1.29, 1.82) is 0 Å². The maximum Gasteiger partial charge on any atom is 0.268 e. The summed E-state index contributed by atoms with van der Waals surface area (Å²) >= 11 is 0. The molecule has 1 fully saturated rings. The van der Waals surface area contributed by atoms with E-state index in [2.05, 4.69) is 10.2 Å². The van der Waals surface area contributed by atoms with Gasteiger partial charge in [0.2, 0.25) is 0 Å². The zero-order valence-electron chi connectivity index (χ0n) is 16.0. The van der Waals surface area contributed by atoms with Crippen LogP contribution in [0.4, 0.5) is 8.78 Å². The summed E-state index contributed by atoms with van der Waals surface area (Å²) in [5, 5.41) is 2.94. The van der Waals surface area contributed by atoms with Gasteiger partial charge in [-0.05, 0) is 30.7 Å². The van der Waals surface area contributed by atoms with Gasteiger partial charge in [-0.3, -0.25) is 9.69 Å². The number of rotatable bonds is 7. The van der Waals surface area contributed by atoms with Crippen LogP contribution >= 0.6 is 0 Å². The summed E-state index contributed by atoms with van der Waals surface area (Å²) in [5.41, 5.74) is 2.29. The first-order valence-electron chi connectivity index (χ1n) is 9.71. The fourth-order valence-electron chi connectivity index (χ4n) is 3.58. The number of ether oxygens (including phenoxy) is 1. The number of amides is 1. The lowest BCUT2D eigenvalue weighted by Crippen LogP contribution is -2.38. The molecule has 6 nitrogen and oxygen atoms in total. The van der Waals surface area contributed by atoms with E-state index in [0.29, 0.717) is 23.4 Å². The Morgan fingerprint density at radius 2 is 1.93 bits per heavy atom. The second-order valence-corrected chi connectivity index (χ2v) is 7.10. The maximum absolute atomic E-state index is 13.6. The van der Waals surface area contributed by atoms with Crippen molar-refractivity contribution in [1.82, 2.24) is 14.8 Å². The Labute approximate surface area is 167 Å². The molecule has 1 amide bonds. The van der Waals surface area contributed by atoms with E-state index in [4.69, 9.17) is 9.15 Å². The Morgan fingerprint density at radius 1 is 1.10 bits per heavy atom. The Morgan fingerprint density at radius 3 is 2.72 bits per heavy atom. The molecule has 29 heavy (non-hydrogen) atoms. The molecule has 154 valence electrons. The Bertz CT molecular complexity index is 992. The zero-order chi connectivity index (χ0) is 20.2. The number of furan rings is 1. The van der Waals surface area contributed by atoms with Crippen molar-refractivity contribution < 1.29 is 22.7 Å². The van der Waals surface area contributed by atoms with Gasteiger partial charge in [-0.15, -0.1) is 0 Å². The third-order valence-electron chi connectivity index (χ3n) is 5.12. The van der Waals surface area contributed by atoms with Crippen molar-refractivity contribution >= 4 is 17.0 Å². The average molecular weight is 403 g/mol. The first-order chi connectivity index (χ1) is 14.1. The number of fused-ring (bicyclic) bond motifs is 1. The van der Waals surface area contributed by atoms with E-state index in [1.54, 1.807) is 16.7 Å². The van der Waals surface area contributed by atoms with E-state index >= 15 is 0 Å². The highest BCUT2D eigenvalue weighted by molar-refractivity contribution is 5.97. The van der Waals surface area contributed by atoms with Gasteiger partial charge in [0, 0.05) is 38.3 Å². The molecule has 1 aromatic carbocycles. The first kappa shape index (κ1) is 19.6. The lowest BCUT2D eigenvalue weighted by atomic mass is 10.2. The zero-order valence-corrected chi connectivity index (χ0v) is 16.0. The highest BCUT2D eigenvalue weighted by Gasteiger charge is 2.18. The van der Waals surface area contributed by atoms with E-state index in [1.165, 1.54) is 12.3 Å². The molecule has 0 radical (unpaired) electrons. The van der Waals surface area contributed by atoms with Gasteiger partial charge in [0.1, 0.15) is 5.69 Å². The van der Waals surface area contributed by atoms with Crippen LogP contribution in [-0.2, 0) is 11.3 Å². The number of nitrogens with zero attached hydrogens (tertiary/aromatic N) is 2. The molecule has 0 bridgehead atoms. The third-order valence-corrected chi connectivity index (χ3v) is 5.12. The first-order valence-corrected chi connectivity index (χ1v) is 9.71. The highest BCUT2D eigenvalue weighted by atomic mass is 19.2. The lowest BCUT2D eigenvalue weighted by Gasteiger charge is -2.26. The fourth-order valence-corrected chi connectivity index (χ4v) is 3.58. The van der Waals surface area contributed by atoms with Gasteiger partial charge in [-0.1, -0.05) is 6.07 Å². The molecule has 0 saturated carbocycles. The third kappa shape index (κ3) is 4.49. The smallest absolute Gasteiger partial charge is 0.268 e. The molecule has 8 heteroatoms. The summed E-state index contributed by atoms with van der Waals surface area (Å²) in [7, 11) is 0. The molecule has 4 rings (SSSR count). The van der Waals surface area contributed by atoms with Crippen molar-refractivity contribution in [2.75, 3.05) is 39.4 Å². The van der Waals surface area contributed by atoms with Crippen molar-refractivity contribution in [3.8, 4) is 0 Å². The molecular weight excluding hydrogens is 380 g/mol. The maximum atomic E-state index is 13.6. The van der Waals surface area contributed by atoms with Crippen molar-refractivity contribution in [2.45, 2.75) is 13.0 Å². The van der Waals surface area contributed by atoms with Crippen LogP contribution in [-0.4, -0.2) is 54.8 Å². The van der Waals surface area contributed by atoms with E-state index in [9.17, 15) is 13.6 Å². The largest absolute Gasteiger partial charge is 0.463 e. The van der Waals surface area contributed by atoms with Crippen LogP contribution < -0.4 is 5.32 Å². The molecule has 0 unspecified atom stereocenters. The van der Waals surface area contributed by atoms with Crippen LogP contribution in [0.2, 0.25) is 0 Å². The second-order valence-electron chi connectivity index (χ2n) is 7.10. The number of hydrogen-bond acceptors (Lipinski definition) is 4. The van der Waals surface area contributed by atoms with E-state index in [1.807, 2.05) is 0 Å². The molecule has 1 saturated heterocycles. The minimum atomic E-state index is -0.910. The summed E-state index contributed by atoms with van der Waals surface area (Å²) < 4.78 is 39.3. The van der Waals surface area contributed by atoms with Crippen molar-refractivity contribution in [3.05, 3.63) is 59.5 Å². The SMILES string of the molecule is O=C(NCCCN1CCOCC1)c1cc2occc2n1Cc1ccc(F)c(F)c1.